The van der Waals surface area contributed by atoms with Crippen LogP contribution in [0, 0.1) is 0 Å². The molecule has 0 aliphatic carbocycles. The average molecular weight is 270 g/mol. The van der Waals surface area contributed by atoms with E-state index in [1.54, 1.807) is 0 Å². The summed E-state index contributed by atoms with van der Waals surface area (Å²) in [5.41, 5.74) is 1.27. The molecule has 1 aromatic rings. The first-order chi connectivity index (χ1) is 7.36. The van der Waals surface area contributed by atoms with E-state index in [1.807, 2.05) is 6.07 Å². The molecule has 0 amide bonds. The van der Waals surface area contributed by atoms with Crippen molar-refractivity contribution in [3.8, 4) is 11.5 Å². The molecule has 2 heterocycles. The summed E-state index contributed by atoms with van der Waals surface area (Å²) in [6, 6.07) is 4.55. The molecule has 0 aromatic heterocycles. The fraction of sp³-hybridized carbons (Fsp3) is 0.455. The Labute approximate surface area is 96.9 Å². The molecular formula is C11H12BrNO2. The van der Waals surface area contributed by atoms with Gasteiger partial charge in [0.1, 0.15) is 0 Å². The van der Waals surface area contributed by atoms with Gasteiger partial charge in [0, 0.05) is 6.04 Å². The molecule has 1 N–H and O–H groups in total. The van der Waals surface area contributed by atoms with Crippen molar-refractivity contribution in [3.05, 3.63) is 22.2 Å². The lowest BCUT2D eigenvalue weighted by atomic mass is 10.0. The summed E-state index contributed by atoms with van der Waals surface area (Å²) >= 11 is 3.60. The van der Waals surface area contributed by atoms with Gasteiger partial charge in [-0.1, -0.05) is 6.07 Å². The van der Waals surface area contributed by atoms with Gasteiger partial charge in [-0.05, 0) is 46.9 Å². The van der Waals surface area contributed by atoms with Crippen molar-refractivity contribution in [2.45, 2.75) is 18.9 Å². The third-order valence-electron chi connectivity index (χ3n) is 2.94. The quantitative estimate of drug-likeness (QED) is 0.850. The highest BCUT2D eigenvalue weighted by Crippen LogP contribution is 2.43. The number of hydrogen-bond donors (Lipinski definition) is 1. The molecule has 1 aromatic carbocycles. The standard InChI is InChI=1S/C11H12BrNO2/c12-10-7(8-2-1-5-13-8)3-4-9-11(10)15-6-14-9/h3-4,8,13H,1-2,5-6H2. The predicted molar refractivity (Wildman–Crippen MR) is 60.2 cm³/mol. The Balaban J connectivity index is 2.01. The molecule has 1 unspecified atom stereocenters. The maximum Gasteiger partial charge on any atom is 0.231 e. The monoisotopic (exact) mass is 269 g/mol. The molecule has 1 saturated heterocycles. The lowest BCUT2D eigenvalue weighted by Crippen LogP contribution is -2.13. The lowest BCUT2D eigenvalue weighted by molar-refractivity contribution is 0.173. The van der Waals surface area contributed by atoms with Crippen LogP contribution >= 0.6 is 15.9 Å². The molecule has 0 saturated carbocycles. The van der Waals surface area contributed by atoms with Crippen LogP contribution in [0.15, 0.2) is 16.6 Å². The second kappa shape index (κ2) is 3.68. The second-order valence-corrected chi connectivity index (χ2v) is 4.64. The zero-order valence-electron chi connectivity index (χ0n) is 8.25. The number of halogens is 1. The smallest absolute Gasteiger partial charge is 0.231 e. The van der Waals surface area contributed by atoms with Gasteiger partial charge in [-0.2, -0.15) is 0 Å². The molecule has 15 heavy (non-hydrogen) atoms. The Morgan fingerprint density at radius 1 is 1.33 bits per heavy atom. The van der Waals surface area contributed by atoms with E-state index in [-0.39, 0.29) is 0 Å². The van der Waals surface area contributed by atoms with E-state index in [2.05, 4.69) is 27.3 Å². The molecule has 3 nitrogen and oxygen atoms in total. The van der Waals surface area contributed by atoms with E-state index in [0.717, 1.165) is 22.5 Å². The minimum Gasteiger partial charge on any atom is -0.454 e. The average Bonchev–Trinajstić information content (AvgIpc) is 2.87. The van der Waals surface area contributed by atoms with Crippen LogP contribution in [0.5, 0.6) is 11.5 Å². The highest BCUT2D eigenvalue weighted by molar-refractivity contribution is 9.10. The van der Waals surface area contributed by atoms with Gasteiger partial charge in [0.2, 0.25) is 6.79 Å². The first-order valence-electron chi connectivity index (χ1n) is 5.17. The number of benzene rings is 1. The largest absolute Gasteiger partial charge is 0.454 e. The second-order valence-electron chi connectivity index (χ2n) is 3.85. The molecule has 0 radical (unpaired) electrons. The Morgan fingerprint density at radius 2 is 2.27 bits per heavy atom. The molecule has 4 heteroatoms. The Kier molecular flexibility index (Phi) is 2.33. The topological polar surface area (TPSA) is 30.5 Å². The van der Waals surface area contributed by atoms with Crippen molar-refractivity contribution in [1.82, 2.24) is 5.32 Å². The van der Waals surface area contributed by atoms with Crippen LogP contribution in [0.4, 0.5) is 0 Å². The predicted octanol–water partition coefficient (Wildman–Crippen LogP) is 2.60. The van der Waals surface area contributed by atoms with E-state index in [4.69, 9.17) is 9.47 Å². The zero-order chi connectivity index (χ0) is 10.3. The van der Waals surface area contributed by atoms with E-state index < -0.39 is 0 Å². The van der Waals surface area contributed by atoms with Crippen molar-refractivity contribution in [1.29, 1.82) is 0 Å². The molecule has 80 valence electrons. The molecular weight excluding hydrogens is 258 g/mol. The summed E-state index contributed by atoms with van der Waals surface area (Å²) in [6.07, 6.45) is 2.43. The number of nitrogens with one attached hydrogen (secondary N) is 1. The fourth-order valence-corrected chi connectivity index (χ4v) is 2.89. The van der Waals surface area contributed by atoms with E-state index in [0.29, 0.717) is 12.8 Å². The van der Waals surface area contributed by atoms with Crippen LogP contribution in [-0.2, 0) is 0 Å². The number of fused-ring (bicyclic) bond motifs is 1. The van der Waals surface area contributed by atoms with Gasteiger partial charge in [0.05, 0.1) is 4.47 Å². The first-order valence-corrected chi connectivity index (χ1v) is 5.97. The number of hydrogen-bond acceptors (Lipinski definition) is 3. The van der Waals surface area contributed by atoms with Crippen LogP contribution in [0.3, 0.4) is 0 Å². The maximum atomic E-state index is 5.43. The van der Waals surface area contributed by atoms with Gasteiger partial charge in [-0.25, -0.2) is 0 Å². The number of rotatable bonds is 1. The summed E-state index contributed by atoms with van der Waals surface area (Å²) in [5, 5.41) is 3.48. The molecule has 0 bridgehead atoms. The highest BCUT2D eigenvalue weighted by atomic mass is 79.9. The molecule has 0 spiro atoms. The summed E-state index contributed by atoms with van der Waals surface area (Å²) in [4.78, 5) is 0. The summed E-state index contributed by atoms with van der Waals surface area (Å²) in [5.74, 6) is 1.69. The van der Waals surface area contributed by atoms with Crippen molar-refractivity contribution in [2.75, 3.05) is 13.3 Å². The van der Waals surface area contributed by atoms with Gasteiger partial charge in [-0.3, -0.25) is 0 Å². The van der Waals surface area contributed by atoms with Crippen LogP contribution < -0.4 is 14.8 Å². The maximum absolute atomic E-state index is 5.43. The normalized spacial score (nSPS) is 23.4. The molecule has 2 aliphatic heterocycles. The van der Waals surface area contributed by atoms with E-state index in [9.17, 15) is 0 Å². The van der Waals surface area contributed by atoms with Crippen molar-refractivity contribution >= 4 is 15.9 Å². The van der Waals surface area contributed by atoms with Crippen LogP contribution in [0.25, 0.3) is 0 Å². The zero-order valence-corrected chi connectivity index (χ0v) is 9.84. The van der Waals surface area contributed by atoms with Gasteiger partial charge < -0.3 is 14.8 Å². The van der Waals surface area contributed by atoms with Crippen molar-refractivity contribution < 1.29 is 9.47 Å². The molecule has 3 rings (SSSR count). The minimum atomic E-state index is 0.329. The van der Waals surface area contributed by atoms with Gasteiger partial charge in [0.25, 0.3) is 0 Å². The van der Waals surface area contributed by atoms with Gasteiger partial charge >= 0.3 is 0 Å². The first kappa shape index (κ1) is 9.48. The summed E-state index contributed by atoms with van der Waals surface area (Å²) in [7, 11) is 0. The van der Waals surface area contributed by atoms with Crippen molar-refractivity contribution in [3.63, 3.8) is 0 Å². The third-order valence-corrected chi connectivity index (χ3v) is 3.76. The SMILES string of the molecule is Brc1c(C2CCCN2)ccc2c1OCO2. The van der Waals surface area contributed by atoms with E-state index >= 15 is 0 Å². The Bertz CT molecular complexity index is 388. The molecule has 1 atom stereocenters. The minimum absolute atomic E-state index is 0.329. The van der Waals surface area contributed by atoms with Crippen LogP contribution in [-0.4, -0.2) is 13.3 Å². The summed E-state index contributed by atoms with van der Waals surface area (Å²) in [6.45, 7) is 1.43. The summed E-state index contributed by atoms with van der Waals surface area (Å²) < 4.78 is 11.8. The lowest BCUT2D eigenvalue weighted by Gasteiger charge is -2.13. The number of ether oxygens (including phenoxy) is 2. The fourth-order valence-electron chi connectivity index (χ4n) is 2.17. The van der Waals surface area contributed by atoms with Crippen molar-refractivity contribution in [2.24, 2.45) is 0 Å². The molecule has 2 aliphatic rings. The Hall–Kier alpha value is -0.740. The van der Waals surface area contributed by atoms with Crippen LogP contribution in [0.1, 0.15) is 24.4 Å². The van der Waals surface area contributed by atoms with E-state index in [1.165, 1.54) is 18.4 Å². The third kappa shape index (κ3) is 1.52. The molecule has 1 fully saturated rings. The highest BCUT2D eigenvalue weighted by Gasteiger charge is 2.24. The Morgan fingerprint density at radius 3 is 3.07 bits per heavy atom. The van der Waals surface area contributed by atoms with Gasteiger partial charge in [0.15, 0.2) is 11.5 Å². The van der Waals surface area contributed by atoms with Crippen LogP contribution in [0.2, 0.25) is 0 Å². The van der Waals surface area contributed by atoms with Gasteiger partial charge in [-0.15, -0.1) is 0 Å².